The molecule has 0 aliphatic heterocycles. The number of nitrogens with one attached hydrogen (secondary N) is 1. The molecule has 1 fully saturated rings. The first kappa shape index (κ1) is 13.4. The summed E-state index contributed by atoms with van der Waals surface area (Å²) in [4.78, 5) is 12.7. The minimum atomic E-state index is -0.0419. The Kier molecular flexibility index (Phi) is 3.89. The normalized spacial score (nSPS) is 14.6. The number of nitrogen functional groups attached to an aromatic ring is 1. The highest BCUT2D eigenvalue weighted by Crippen LogP contribution is 2.29. The molecule has 1 aliphatic carbocycles. The van der Waals surface area contributed by atoms with Crippen LogP contribution in [0, 0.1) is 5.92 Å². The van der Waals surface area contributed by atoms with Crippen LogP contribution in [-0.2, 0) is 4.74 Å². The summed E-state index contributed by atoms with van der Waals surface area (Å²) in [5.74, 6) is 0.721. The summed E-state index contributed by atoms with van der Waals surface area (Å²) in [6, 6.07) is 7.58. The van der Waals surface area contributed by atoms with E-state index in [1.807, 2.05) is 24.3 Å². The number of hydrogen-bond donors (Lipinski definition) is 2. The predicted octanol–water partition coefficient (Wildman–Crippen LogP) is 2.64. The van der Waals surface area contributed by atoms with E-state index in [1.54, 1.807) is 0 Å². The molecule has 1 saturated carbocycles. The molecule has 1 aliphatic rings. The van der Waals surface area contributed by atoms with Crippen LogP contribution in [0.15, 0.2) is 24.3 Å². The molecule has 20 heavy (non-hydrogen) atoms. The van der Waals surface area contributed by atoms with Crippen molar-refractivity contribution in [1.29, 1.82) is 0 Å². The highest BCUT2D eigenvalue weighted by molar-refractivity contribution is 7.20. The smallest absolute Gasteiger partial charge is 0.261 e. The van der Waals surface area contributed by atoms with Crippen LogP contribution >= 0.6 is 11.3 Å². The number of ether oxygens (including phenoxy) is 1. The summed E-state index contributed by atoms with van der Waals surface area (Å²) in [5.41, 5.74) is 6.46. The van der Waals surface area contributed by atoms with Gasteiger partial charge in [-0.3, -0.25) is 4.79 Å². The Hall–Kier alpha value is -1.59. The number of fused-ring (bicyclic) bond motifs is 1. The van der Waals surface area contributed by atoms with E-state index in [4.69, 9.17) is 10.5 Å². The average molecular weight is 290 g/mol. The van der Waals surface area contributed by atoms with Gasteiger partial charge in [-0.25, -0.2) is 0 Å². The van der Waals surface area contributed by atoms with E-state index in [-0.39, 0.29) is 5.91 Å². The van der Waals surface area contributed by atoms with Gasteiger partial charge in [-0.05, 0) is 48.4 Å². The SMILES string of the molecule is Nc1ccc2sc(C(=O)NCCOCC3CC3)cc2c1. The molecule has 2 aromatic rings. The molecule has 0 saturated heterocycles. The highest BCUT2D eigenvalue weighted by atomic mass is 32.1. The van der Waals surface area contributed by atoms with E-state index in [0.717, 1.165) is 28.3 Å². The molecule has 1 amide bonds. The lowest BCUT2D eigenvalue weighted by atomic mass is 10.2. The lowest BCUT2D eigenvalue weighted by Gasteiger charge is -2.04. The van der Waals surface area contributed by atoms with Crippen molar-refractivity contribution >= 4 is 33.0 Å². The number of carbonyl (C=O) groups is 1. The van der Waals surface area contributed by atoms with Crippen molar-refractivity contribution in [2.24, 2.45) is 5.92 Å². The Labute approximate surface area is 121 Å². The van der Waals surface area contributed by atoms with Crippen molar-refractivity contribution in [3.63, 3.8) is 0 Å². The van der Waals surface area contributed by atoms with Gasteiger partial charge in [0, 0.05) is 23.5 Å². The lowest BCUT2D eigenvalue weighted by Crippen LogP contribution is -2.26. The standard InChI is InChI=1S/C15H18N2O2S/c16-12-3-4-13-11(7-12)8-14(20-13)15(18)17-5-6-19-9-10-1-2-10/h3-4,7-8,10H,1-2,5-6,9,16H2,(H,17,18). The Morgan fingerprint density at radius 1 is 1.40 bits per heavy atom. The van der Waals surface area contributed by atoms with Crippen molar-refractivity contribution in [1.82, 2.24) is 5.32 Å². The van der Waals surface area contributed by atoms with Crippen LogP contribution in [0.2, 0.25) is 0 Å². The molecule has 106 valence electrons. The molecule has 0 atom stereocenters. The van der Waals surface area contributed by atoms with Crippen molar-refractivity contribution in [3.8, 4) is 0 Å². The summed E-state index contributed by atoms with van der Waals surface area (Å²) < 4.78 is 6.57. The molecule has 1 aromatic heterocycles. The summed E-state index contributed by atoms with van der Waals surface area (Å²) in [6.07, 6.45) is 2.58. The molecule has 4 nitrogen and oxygen atoms in total. The monoisotopic (exact) mass is 290 g/mol. The van der Waals surface area contributed by atoms with Crippen molar-refractivity contribution in [3.05, 3.63) is 29.1 Å². The fourth-order valence-corrected chi connectivity index (χ4v) is 2.99. The number of rotatable bonds is 6. The Morgan fingerprint density at radius 2 is 2.25 bits per heavy atom. The molecular formula is C15H18N2O2S. The molecule has 0 radical (unpaired) electrons. The van der Waals surface area contributed by atoms with Gasteiger partial charge >= 0.3 is 0 Å². The number of hydrogen-bond acceptors (Lipinski definition) is 4. The fraction of sp³-hybridized carbons (Fsp3) is 0.400. The number of nitrogens with two attached hydrogens (primary N) is 1. The summed E-state index contributed by atoms with van der Waals surface area (Å²) >= 11 is 1.48. The quantitative estimate of drug-likeness (QED) is 0.635. The van der Waals surface area contributed by atoms with Crippen molar-refractivity contribution in [2.75, 3.05) is 25.5 Å². The largest absolute Gasteiger partial charge is 0.399 e. The van der Waals surface area contributed by atoms with Gasteiger partial charge in [-0.15, -0.1) is 11.3 Å². The lowest BCUT2D eigenvalue weighted by molar-refractivity contribution is 0.0910. The first-order valence-electron chi connectivity index (χ1n) is 6.87. The first-order chi connectivity index (χ1) is 9.72. The average Bonchev–Trinajstić information content (AvgIpc) is 3.15. The van der Waals surface area contributed by atoms with Crippen LogP contribution in [0.5, 0.6) is 0 Å². The molecule has 0 bridgehead atoms. The maximum Gasteiger partial charge on any atom is 0.261 e. The van der Waals surface area contributed by atoms with Gasteiger partial charge < -0.3 is 15.8 Å². The summed E-state index contributed by atoms with van der Waals surface area (Å²) in [7, 11) is 0. The molecule has 1 heterocycles. The zero-order valence-corrected chi connectivity index (χ0v) is 12.0. The summed E-state index contributed by atoms with van der Waals surface area (Å²) in [6.45, 7) is 1.97. The van der Waals surface area contributed by atoms with Gasteiger partial charge in [0.25, 0.3) is 5.91 Å². The van der Waals surface area contributed by atoms with E-state index >= 15 is 0 Å². The number of benzene rings is 1. The third kappa shape index (κ3) is 3.29. The predicted molar refractivity (Wildman–Crippen MR) is 82.1 cm³/mol. The van der Waals surface area contributed by atoms with Crippen LogP contribution in [0.25, 0.3) is 10.1 Å². The van der Waals surface area contributed by atoms with Gasteiger partial charge in [-0.1, -0.05) is 0 Å². The highest BCUT2D eigenvalue weighted by Gasteiger charge is 2.20. The van der Waals surface area contributed by atoms with Gasteiger partial charge in [0.2, 0.25) is 0 Å². The molecule has 3 N–H and O–H groups in total. The van der Waals surface area contributed by atoms with Crippen LogP contribution in [0.3, 0.4) is 0 Å². The minimum Gasteiger partial charge on any atom is -0.399 e. The second kappa shape index (κ2) is 5.81. The zero-order valence-electron chi connectivity index (χ0n) is 11.2. The van der Waals surface area contributed by atoms with Crippen LogP contribution in [0.4, 0.5) is 5.69 Å². The van der Waals surface area contributed by atoms with Gasteiger partial charge in [0.1, 0.15) is 0 Å². The summed E-state index contributed by atoms with van der Waals surface area (Å²) in [5, 5.41) is 3.90. The number of thiophene rings is 1. The van der Waals surface area contributed by atoms with Crippen LogP contribution in [-0.4, -0.2) is 25.7 Å². The van der Waals surface area contributed by atoms with Gasteiger partial charge in [0.05, 0.1) is 11.5 Å². The Bertz CT molecular complexity index is 619. The van der Waals surface area contributed by atoms with E-state index in [1.165, 1.54) is 24.2 Å². The van der Waals surface area contributed by atoms with E-state index in [2.05, 4.69) is 5.32 Å². The number of anilines is 1. The van der Waals surface area contributed by atoms with Gasteiger partial charge in [0.15, 0.2) is 0 Å². The molecule has 5 heteroatoms. The third-order valence-electron chi connectivity index (χ3n) is 3.35. The molecule has 0 spiro atoms. The fourth-order valence-electron chi connectivity index (χ4n) is 2.03. The first-order valence-corrected chi connectivity index (χ1v) is 7.69. The van der Waals surface area contributed by atoms with Crippen LogP contribution in [0.1, 0.15) is 22.5 Å². The topological polar surface area (TPSA) is 64.4 Å². The van der Waals surface area contributed by atoms with Crippen molar-refractivity contribution in [2.45, 2.75) is 12.8 Å². The second-order valence-electron chi connectivity index (χ2n) is 5.18. The zero-order chi connectivity index (χ0) is 13.9. The maximum absolute atomic E-state index is 12.0. The van der Waals surface area contributed by atoms with Gasteiger partial charge in [-0.2, -0.15) is 0 Å². The molecule has 0 unspecified atom stereocenters. The molecule has 1 aromatic carbocycles. The van der Waals surface area contributed by atoms with Crippen molar-refractivity contribution < 1.29 is 9.53 Å². The maximum atomic E-state index is 12.0. The molecule has 3 rings (SSSR count). The van der Waals surface area contributed by atoms with Crippen LogP contribution < -0.4 is 11.1 Å². The Balaban J connectivity index is 1.52. The molecular weight excluding hydrogens is 272 g/mol. The number of amides is 1. The minimum absolute atomic E-state index is 0.0419. The van der Waals surface area contributed by atoms with E-state index < -0.39 is 0 Å². The number of carbonyl (C=O) groups excluding carboxylic acids is 1. The third-order valence-corrected chi connectivity index (χ3v) is 4.46. The Morgan fingerprint density at radius 3 is 3.05 bits per heavy atom. The van der Waals surface area contributed by atoms with E-state index in [9.17, 15) is 4.79 Å². The van der Waals surface area contributed by atoms with E-state index in [0.29, 0.717) is 18.0 Å². The second-order valence-corrected chi connectivity index (χ2v) is 6.27.